The predicted molar refractivity (Wildman–Crippen MR) is 73.0 cm³/mol. The summed E-state index contributed by atoms with van der Waals surface area (Å²) in [5.41, 5.74) is 1.07. The fourth-order valence-corrected chi connectivity index (χ4v) is 2.09. The molecule has 0 aliphatic carbocycles. The van der Waals surface area contributed by atoms with Gasteiger partial charge in [0.2, 0.25) is 0 Å². The van der Waals surface area contributed by atoms with E-state index < -0.39 is 11.9 Å². The Morgan fingerprint density at radius 2 is 1.81 bits per heavy atom. The minimum absolute atomic E-state index is 0.185. The number of nitrogens with zero attached hydrogens (tertiary/aromatic N) is 4. The van der Waals surface area contributed by atoms with E-state index in [0.29, 0.717) is 6.42 Å². The van der Waals surface area contributed by atoms with Crippen LogP contribution in [0.4, 0.5) is 13.2 Å². The summed E-state index contributed by atoms with van der Waals surface area (Å²) in [6, 6.07) is 1.07. The highest BCUT2D eigenvalue weighted by molar-refractivity contribution is 5.16. The van der Waals surface area contributed by atoms with Crippen molar-refractivity contribution in [1.82, 2.24) is 19.6 Å². The Bertz CT molecular complexity index is 610. The number of aryl methyl sites for hydroxylation is 1. The fourth-order valence-electron chi connectivity index (χ4n) is 2.09. The molecule has 2 heterocycles. The summed E-state index contributed by atoms with van der Waals surface area (Å²) in [4.78, 5) is 0. The van der Waals surface area contributed by atoms with Crippen molar-refractivity contribution < 1.29 is 13.2 Å². The summed E-state index contributed by atoms with van der Waals surface area (Å²) in [7, 11) is 0. The highest BCUT2D eigenvalue weighted by Crippen LogP contribution is 2.28. The van der Waals surface area contributed by atoms with E-state index in [1.54, 1.807) is 0 Å². The Morgan fingerprint density at radius 3 is 2.29 bits per heavy atom. The first kappa shape index (κ1) is 15.6. The third-order valence-electron chi connectivity index (χ3n) is 3.39. The van der Waals surface area contributed by atoms with Crippen molar-refractivity contribution >= 4 is 0 Å². The Balaban J connectivity index is 2.14. The first-order valence-corrected chi connectivity index (χ1v) is 6.85. The highest BCUT2D eigenvalue weighted by atomic mass is 19.4. The van der Waals surface area contributed by atoms with Crippen LogP contribution in [0, 0.1) is 6.92 Å². The minimum atomic E-state index is -4.40. The molecule has 0 amide bonds. The summed E-state index contributed by atoms with van der Waals surface area (Å²) >= 11 is 0. The lowest BCUT2D eigenvalue weighted by Crippen LogP contribution is -2.13. The monoisotopic (exact) mass is 300 g/mol. The van der Waals surface area contributed by atoms with E-state index in [4.69, 9.17) is 0 Å². The molecule has 4 nitrogen and oxygen atoms in total. The third kappa shape index (κ3) is 3.46. The highest BCUT2D eigenvalue weighted by Gasteiger charge is 2.33. The summed E-state index contributed by atoms with van der Waals surface area (Å²) in [6.45, 7) is 7.85. The molecule has 7 heteroatoms. The van der Waals surface area contributed by atoms with Gasteiger partial charge in [0.15, 0.2) is 5.69 Å². The second-order valence-electron chi connectivity index (χ2n) is 5.56. The largest absolute Gasteiger partial charge is 0.435 e. The van der Waals surface area contributed by atoms with Gasteiger partial charge in [-0.15, -0.1) is 0 Å². The molecule has 0 fully saturated rings. The molecule has 0 aliphatic rings. The SMILES string of the molecule is Cc1cn(C(C)C)nc1CC(C)n1ccc(C(F)(F)F)n1. The van der Waals surface area contributed by atoms with Crippen molar-refractivity contribution in [3.63, 3.8) is 0 Å². The van der Waals surface area contributed by atoms with Gasteiger partial charge in [0.1, 0.15) is 0 Å². The quantitative estimate of drug-likeness (QED) is 0.861. The molecule has 2 aromatic rings. The Hall–Kier alpha value is -1.79. The smallest absolute Gasteiger partial charge is 0.270 e. The molecule has 1 unspecified atom stereocenters. The van der Waals surface area contributed by atoms with Crippen LogP contribution in [0.2, 0.25) is 0 Å². The van der Waals surface area contributed by atoms with Gasteiger partial charge in [0, 0.05) is 24.9 Å². The van der Waals surface area contributed by atoms with E-state index >= 15 is 0 Å². The molecule has 0 aliphatic heterocycles. The third-order valence-corrected chi connectivity index (χ3v) is 3.39. The Labute approximate surface area is 121 Å². The normalized spacial score (nSPS) is 13.9. The van der Waals surface area contributed by atoms with Crippen LogP contribution >= 0.6 is 0 Å². The molecule has 1 atom stereocenters. The zero-order valence-corrected chi connectivity index (χ0v) is 12.5. The molecule has 0 aromatic carbocycles. The fraction of sp³-hybridized carbons (Fsp3) is 0.571. The van der Waals surface area contributed by atoms with Crippen molar-refractivity contribution in [3.8, 4) is 0 Å². The maximum Gasteiger partial charge on any atom is 0.435 e. The van der Waals surface area contributed by atoms with Crippen LogP contribution < -0.4 is 0 Å². The zero-order chi connectivity index (χ0) is 15.8. The minimum Gasteiger partial charge on any atom is -0.270 e. The van der Waals surface area contributed by atoms with Crippen LogP contribution in [0.1, 0.15) is 49.8 Å². The second-order valence-corrected chi connectivity index (χ2v) is 5.56. The number of halogens is 3. The van der Waals surface area contributed by atoms with Crippen LogP contribution in [0.25, 0.3) is 0 Å². The van der Waals surface area contributed by atoms with E-state index in [1.807, 2.05) is 38.6 Å². The first-order chi connectivity index (χ1) is 9.68. The van der Waals surface area contributed by atoms with Gasteiger partial charge in [0.25, 0.3) is 0 Å². The van der Waals surface area contributed by atoms with Gasteiger partial charge >= 0.3 is 6.18 Å². The van der Waals surface area contributed by atoms with Gasteiger partial charge in [-0.1, -0.05) is 0 Å². The zero-order valence-electron chi connectivity index (χ0n) is 12.5. The summed E-state index contributed by atoms with van der Waals surface area (Å²) in [6.07, 6.45) is -0.538. The van der Waals surface area contributed by atoms with Crippen LogP contribution in [-0.2, 0) is 12.6 Å². The number of rotatable bonds is 4. The van der Waals surface area contributed by atoms with Crippen molar-refractivity contribution in [2.45, 2.75) is 52.4 Å². The van der Waals surface area contributed by atoms with Gasteiger partial charge < -0.3 is 0 Å². The van der Waals surface area contributed by atoms with E-state index in [2.05, 4.69) is 10.2 Å². The lowest BCUT2D eigenvalue weighted by Gasteiger charge is -2.11. The molecule has 21 heavy (non-hydrogen) atoms. The molecule has 0 bridgehead atoms. The lowest BCUT2D eigenvalue weighted by molar-refractivity contribution is -0.141. The topological polar surface area (TPSA) is 35.6 Å². The molecule has 0 spiro atoms. The first-order valence-electron chi connectivity index (χ1n) is 6.85. The van der Waals surface area contributed by atoms with Crippen molar-refractivity contribution in [2.24, 2.45) is 0 Å². The molecule has 0 N–H and O–H groups in total. The van der Waals surface area contributed by atoms with E-state index in [1.165, 1.54) is 10.9 Å². The Kier molecular flexibility index (Phi) is 4.11. The molecule has 2 rings (SSSR count). The molecule has 2 aromatic heterocycles. The molecule has 0 saturated carbocycles. The van der Waals surface area contributed by atoms with Crippen LogP contribution in [0.15, 0.2) is 18.5 Å². The number of hydrogen-bond donors (Lipinski definition) is 0. The molecule has 0 radical (unpaired) electrons. The van der Waals surface area contributed by atoms with E-state index in [-0.39, 0.29) is 12.1 Å². The summed E-state index contributed by atoms with van der Waals surface area (Å²) < 4.78 is 40.9. The maximum atomic E-state index is 12.6. The van der Waals surface area contributed by atoms with Crippen molar-refractivity contribution in [1.29, 1.82) is 0 Å². The second kappa shape index (κ2) is 5.54. The number of aromatic nitrogens is 4. The standard InChI is InChI=1S/C14H19F3N4/c1-9(2)21-8-10(3)12(18-21)7-11(4)20-6-5-13(19-20)14(15,16)17/h5-6,8-9,11H,7H2,1-4H3. The van der Waals surface area contributed by atoms with Crippen LogP contribution in [0.3, 0.4) is 0 Å². The van der Waals surface area contributed by atoms with Gasteiger partial charge in [-0.25, -0.2) is 0 Å². The maximum absolute atomic E-state index is 12.6. The number of hydrogen-bond acceptors (Lipinski definition) is 2. The molecule has 116 valence electrons. The average Bonchev–Trinajstić information content (AvgIpc) is 2.96. The molecular weight excluding hydrogens is 281 g/mol. The van der Waals surface area contributed by atoms with Gasteiger partial charge in [-0.3, -0.25) is 9.36 Å². The average molecular weight is 300 g/mol. The number of alkyl halides is 3. The van der Waals surface area contributed by atoms with Gasteiger partial charge in [0.05, 0.1) is 11.7 Å². The van der Waals surface area contributed by atoms with Crippen molar-refractivity contribution in [3.05, 3.63) is 35.4 Å². The van der Waals surface area contributed by atoms with E-state index in [9.17, 15) is 13.2 Å². The summed E-state index contributed by atoms with van der Waals surface area (Å²) in [5, 5.41) is 8.09. The van der Waals surface area contributed by atoms with Crippen LogP contribution in [-0.4, -0.2) is 19.6 Å². The van der Waals surface area contributed by atoms with Crippen molar-refractivity contribution in [2.75, 3.05) is 0 Å². The van der Waals surface area contributed by atoms with E-state index in [0.717, 1.165) is 17.3 Å². The molecule has 0 saturated heterocycles. The van der Waals surface area contributed by atoms with Crippen LogP contribution in [0.5, 0.6) is 0 Å². The lowest BCUT2D eigenvalue weighted by atomic mass is 10.1. The predicted octanol–water partition coefficient (Wildman–Crippen LogP) is 3.79. The summed E-state index contributed by atoms with van der Waals surface area (Å²) in [5.74, 6) is 0. The van der Waals surface area contributed by atoms with Gasteiger partial charge in [-0.2, -0.15) is 23.4 Å². The molecular formula is C14H19F3N4. The van der Waals surface area contributed by atoms with Gasteiger partial charge in [-0.05, 0) is 39.3 Å². The Morgan fingerprint density at radius 1 is 1.14 bits per heavy atom.